The van der Waals surface area contributed by atoms with Gasteiger partial charge >= 0.3 is 0 Å². The van der Waals surface area contributed by atoms with Crippen LogP contribution in [0.2, 0.25) is 5.02 Å². The molecular weight excluding hydrogens is 495 g/mol. The molecule has 1 amide bonds. The van der Waals surface area contributed by atoms with Crippen molar-refractivity contribution in [3.63, 3.8) is 0 Å². The lowest BCUT2D eigenvalue weighted by Gasteiger charge is -2.11. The minimum Gasteiger partial charge on any atom is -0.321 e. The van der Waals surface area contributed by atoms with Crippen LogP contribution >= 0.6 is 11.6 Å². The van der Waals surface area contributed by atoms with E-state index >= 15 is 0 Å². The summed E-state index contributed by atoms with van der Waals surface area (Å²) in [5, 5.41) is 7.66. The van der Waals surface area contributed by atoms with Gasteiger partial charge in [0.05, 0.1) is 24.1 Å². The molecule has 0 aliphatic carbocycles. The predicted molar refractivity (Wildman–Crippen MR) is 128 cm³/mol. The van der Waals surface area contributed by atoms with Crippen LogP contribution in [0, 0.1) is 12.9 Å². The van der Waals surface area contributed by atoms with Crippen LogP contribution in [0.5, 0.6) is 0 Å². The molecule has 0 saturated heterocycles. The second-order valence-corrected chi connectivity index (χ2v) is 8.27. The minimum atomic E-state index is -2.61. The number of hydrogen-bond donors (Lipinski definition) is 1. The van der Waals surface area contributed by atoms with E-state index in [4.69, 9.17) is 11.6 Å². The van der Waals surface area contributed by atoms with Crippen LogP contribution in [-0.2, 0) is 6.54 Å². The number of pyridine rings is 1. The van der Waals surface area contributed by atoms with Gasteiger partial charge in [-0.25, -0.2) is 28.2 Å². The normalized spacial score (nSPS) is 11.4. The Hall–Kier alpha value is -4.25. The number of aryl methyl sites for hydroxylation is 1. The van der Waals surface area contributed by atoms with Gasteiger partial charge in [-0.05, 0) is 37.3 Å². The number of carbonyl (C=O) groups is 1. The first-order chi connectivity index (χ1) is 17.3. The fraction of sp³-hybridized carbons (Fsp3) is 0.125. The number of halogens is 4. The van der Waals surface area contributed by atoms with E-state index in [1.807, 2.05) is 0 Å². The molecule has 0 bridgehead atoms. The summed E-state index contributed by atoms with van der Waals surface area (Å²) >= 11 is 6.01. The van der Waals surface area contributed by atoms with Gasteiger partial charge in [0.1, 0.15) is 11.5 Å². The Morgan fingerprint density at radius 3 is 2.61 bits per heavy atom. The third kappa shape index (κ3) is 4.65. The molecule has 5 aromatic rings. The molecule has 0 saturated carbocycles. The zero-order valence-corrected chi connectivity index (χ0v) is 19.4. The molecule has 0 aliphatic rings. The fourth-order valence-corrected chi connectivity index (χ4v) is 3.92. The molecule has 1 aromatic carbocycles. The van der Waals surface area contributed by atoms with Gasteiger partial charge < -0.3 is 9.88 Å². The Morgan fingerprint density at radius 1 is 1.11 bits per heavy atom. The van der Waals surface area contributed by atoms with Crippen LogP contribution in [0.3, 0.4) is 0 Å². The van der Waals surface area contributed by atoms with E-state index in [0.717, 1.165) is 6.07 Å². The van der Waals surface area contributed by atoms with E-state index < -0.39 is 24.8 Å². The van der Waals surface area contributed by atoms with Gasteiger partial charge in [-0.3, -0.25) is 4.79 Å². The zero-order chi connectivity index (χ0) is 25.4. The number of fused-ring (bicyclic) bond motifs is 1. The molecule has 182 valence electrons. The molecule has 36 heavy (non-hydrogen) atoms. The number of nitrogens with zero attached hydrogens (tertiary/aromatic N) is 6. The predicted octanol–water partition coefficient (Wildman–Crippen LogP) is 5.27. The summed E-state index contributed by atoms with van der Waals surface area (Å²) in [6.07, 6.45) is 0.0492. The Labute approximate surface area is 207 Å². The molecule has 12 heteroatoms. The Morgan fingerprint density at radius 2 is 1.89 bits per heavy atom. The minimum absolute atomic E-state index is 0.0761. The van der Waals surface area contributed by atoms with Gasteiger partial charge in [0.25, 0.3) is 12.3 Å². The summed E-state index contributed by atoms with van der Waals surface area (Å²) in [5.74, 6) is -0.774. The average molecular weight is 512 g/mol. The molecule has 0 aliphatic heterocycles. The molecule has 0 spiro atoms. The standard InChI is InChI=1S/C24H17ClF3N7O/c1-13-30-22(14-2-4-16(25)5-3-14)23(34(13)11-18(26)27)17-6-7-21-31-20(12-35(21)33-17)32-24(36)15-8-9-29-19(28)10-15/h2-10,12,18H,11H2,1H3,(H,32,36). The maximum Gasteiger partial charge on any atom is 0.257 e. The molecule has 0 fully saturated rings. The van der Waals surface area contributed by atoms with E-state index in [1.165, 1.54) is 27.5 Å². The summed E-state index contributed by atoms with van der Waals surface area (Å²) in [5.41, 5.74) is 2.43. The van der Waals surface area contributed by atoms with Crippen LogP contribution in [0.4, 0.5) is 19.0 Å². The van der Waals surface area contributed by atoms with E-state index in [0.29, 0.717) is 39.1 Å². The van der Waals surface area contributed by atoms with Crippen molar-refractivity contribution >= 4 is 29.0 Å². The van der Waals surface area contributed by atoms with Crippen molar-refractivity contribution in [3.8, 4) is 22.6 Å². The highest BCUT2D eigenvalue weighted by Crippen LogP contribution is 2.33. The third-order valence-electron chi connectivity index (χ3n) is 5.39. The number of amides is 1. The Balaban J connectivity index is 1.55. The second kappa shape index (κ2) is 9.42. The van der Waals surface area contributed by atoms with Gasteiger partial charge in [-0.15, -0.1) is 0 Å². The first-order valence-electron chi connectivity index (χ1n) is 10.7. The number of nitrogens with one attached hydrogen (secondary N) is 1. The molecular formula is C24H17ClF3N7O. The lowest BCUT2D eigenvalue weighted by molar-refractivity contribution is 0.102. The first-order valence-corrected chi connectivity index (χ1v) is 11.1. The number of alkyl halides is 2. The summed E-state index contributed by atoms with van der Waals surface area (Å²) in [6.45, 7) is 1.09. The van der Waals surface area contributed by atoms with Gasteiger partial charge in [-0.1, -0.05) is 23.7 Å². The molecule has 5 rings (SSSR count). The van der Waals surface area contributed by atoms with Crippen LogP contribution in [0.15, 0.2) is 60.9 Å². The van der Waals surface area contributed by atoms with Crippen LogP contribution < -0.4 is 5.32 Å². The molecule has 0 radical (unpaired) electrons. The van der Waals surface area contributed by atoms with Gasteiger partial charge in [0.2, 0.25) is 5.95 Å². The van der Waals surface area contributed by atoms with E-state index in [2.05, 4.69) is 25.4 Å². The van der Waals surface area contributed by atoms with Gasteiger partial charge in [0.15, 0.2) is 11.5 Å². The number of imidazole rings is 2. The van der Waals surface area contributed by atoms with Crippen molar-refractivity contribution in [1.29, 1.82) is 0 Å². The van der Waals surface area contributed by atoms with Gasteiger partial charge in [-0.2, -0.15) is 9.49 Å². The highest BCUT2D eigenvalue weighted by Gasteiger charge is 2.22. The Kier molecular flexibility index (Phi) is 6.15. The highest BCUT2D eigenvalue weighted by molar-refractivity contribution is 6.30. The van der Waals surface area contributed by atoms with Crippen molar-refractivity contribution < 1.29 is 18.0 Å². The smallest absolute Gasteiger partial charge is 0.257 e. The van der Waals surface area contributed by atoms with Crippen molar-refractivity contribution in [2.45, 2.75) is 19.9 Å². The Bertz CT molecular complexity index is 1580. The summed E-state index contributed by atoms with van der Waals surface area (Å²) in [4.78, 5) is 24.7. The summed E-state index contributed by atoms with van der Waals surface area (Å²) < 4.78 is 43.0. The fourth-order valence-electron chi connectivity index (χ4n) is 3.80. The highest BCUT2D eigenvalue weighted by atomic mass is 35.5. The topological polar surface area (TPSA) is 90.0 Å². The number of hydrogen-bond acceptors (Lipinski definition) is 5. The van der Waals surface area contributed by atoms with Gasteiger partial charge in [0, 0.05) is 28.4 Å². The quantitative estimate of drug-likeness (QED) is 0.314. The average Bonchev–Trinajstić information content (AvgIpc) is 3.38. The number of anilines is 1. The number of aromatic nitrogens is 6. The van der Waals surface area contributed by atoms with Crippen molar-refractivity contribution in [2.24, 2.45) is 0 Å². The SMILES string of the molecule is Cc1nc(-c2ccc(Cl)cc2)c(-c2ccc3nc(NC(=O)c4ccnc(F)c4)cn3n2)n1CC(F)F. The number of carbonyl (C=O) groups excluding carboxylic acids is 1. The lowest BCUT2D eigenvalue weighted by atomic mass is 10.1. The van der Waals surface area contributed by atoms with E-state index in [-0.39, 0.29) is 11.4 Å². The molecule has 4 aromatic heterocycles. The number of benzene rings is 1. The van der Waals surface area contributed by atoms with Crippen molar-refractivity contribution in [2.75, 3.05) is 5.32 Å². The lowest BCUT2D eigenvalue weighted by Crippen LogP contribution is -2.12. The third-order valence-corrected chi connectivity index (χ3v) is 5.64. The molecule has 0 atom stereocenters. The maximum atomic E-state index is 13.4. The monoisotopic (exact) mass is 511 g/mol. The molecule has 4 heterocycles. The maximum absolute atomic E-state index is 13.4. The van der Waals surface area contributed by atoms with Crippen molar-refractivity contribution in [1.82, 2.24) is 29.1 Å². The number of rotatable bonds is 6. The van der Waals surface area contributed by atoms with Crippen LogP contribution in [0.1, 0.15) is 16.2 Å². The van der Waals surface area contributed by atoms with Crippen molar-refractivity contribution in [3.05, 3.63) is 83.3 Å². The first kappa shape index (κ1) is 23.5. The summed E-state index contributed by atoms with van der Waals surface area (Å²) in [7, 11) is 0. The largest absolute Gasteiger partial charge is 0.321 e. The zero-order valence-electron chi connectivity index (χ0n) is 18.7. The van der Waals surface area contributed by atoms with E-state index in [1.54, 1.807) is 43.3 Å². The van der Waals surface area contributed by atoms with Crippen LogP contribution in [-0.4, -0.2) is 41.5 Å². The van der Waals surface area contributed by atoms with E-state index in [9.17, 15) is 18.0 Å². The summed E-state index contributed by atoms with van der Waals surface area (Å²) in [6, 6.07) is 12.6. The van der Waals surface area contributed by atoms with Crippen LogP contribution in [0.25, 0.3) is 28.3 Å². The molecule has 1 N–H and O–H groups in total. The molecule has 0 unspecified atom stereocenters. The molecule has 8 nitrogen and oxygen atoms in total. The second-order valence-electron chi connectivity index (χ2n) is 7.83.